The second-order valence-corrected chi connectivity index (χ2v) is 6.97. The van der Waals surface area contributed by atoms with Crippen molar-refractivity contribution in [2.24, 2.45) is 11.8 Å². The molecule has 3 saturated heterocycles. The van der Waals surface area contributed by atoms with Gasteiger partial charge in [-0.1, -0.05) is 6.08 Å². The molecule has 3 aliphatic rings. The number of fused-ring (bicyclic) bond motifs is 4. The van der Waals surface area contributed by atoms with Gasteiger partial charge in [-0.2, -0.15) is 0 Å². The second-order valence-electron chi connectivity index (χ2n) is 6.97. The minimum atomic E-state index is -0.504. The lowest BCUT2D eigenvalue weighted by atomic mass is 9.73. The molecule has 0 spiro atoms. The van der Waals surface area contributed by atoms with E-state index >= 15 is 0 Å². The SMILES string of the molecule is Br.Br.C=C[C@H]1CN2CCC1C[C@H]2[C@H](O)c1ccnc2ccc(OC)cc12. The van der Waals surface area contributed by atoms with E-state index in [-0.39, 0.29) is 40.0 Å². The molecule has 0 aliphatic carbocycles. The van der Waals surface area contributed by atoms with E-state index < -0.39 is 6.10 Å². The molecule has 1 aromatic heterocycles. The van der Waals surface area contributed by atoms with Gasteiger partial charge in [-0.3, -0.25) is 9.88 Å². The van der Waals surface area contributed by atoms with Crippen molar-refractivity contribution in [3.8, 4) is 5.75 Å². The molecule has 3 aliphatic heterocycles. The fourth-order valence-corrected chi connectivity index (χ4v) is 4.44. The third-order valence-electron chi connectivity index (χ3n) is 5.82. The summed E-state index contributed by atoms with van der Waals surface area (Å²) in [6.45, 7) is 6.07. The van der Waals surface area contributed by atoms with Crippen LogP contribution in [0.15, 0.2) is 43.1 Å². The lowest BCUT2D eigenvalue weighted by Crippen LogP contribution is -2.54. The number of pyridine rings is 1. The fourth-order valence-electron chi connectivity index (χ4n) is 4.44. The molecule has 1 N–H and O–H groups in total. The second kappa shape index (κ2) is 8.83. The summed E-state index contributed by atoms with van der Waals surface area (Å²) in [6.07, 6.45) is 5.62. The molecule has 2 bridgehead atoms. The van der Waals surface area contributed by atoms with Crippen LogP contribution < -0.4 is 4.74 Å². The summed E-state index contributed by atoms with van der Waals surface area (Å²) in [5.74, 6) is 2.01. The van der Waals surface area contributed by atoms with E-state index in [4.69, 9.17) is 4.74 Å². The summed E-state index contributed by atoms with van der Waals surface area (Å²) >= 11 is 0. The van der Waals surface area contributed by atoms with Crippen LogP contribution in [0.5, 0.6) is 5.75 Å². The summed E-state index contributed by atoms with van der Waals surface area (Å²) in [4.78, 5) is 6.86. The lowest BCUT2D eigenvalue weighted by Gasteiger charge is -2.50. The average Bonchev–Trinajstić information content (AvgIpc) is 2.66. The molecule has 0 saturated carbocycles. The van der Waals surface area contributed by atoms with Gasteiger partial charge in [0.15, 0.2) is 0 Å². The largest absolute Gasteiger partial charge is 0.497 e. The monoisotopic (exact) mass is 484 g/mol. The first kappa shape index (κ1) is 21.4. The Labute approximate surface area is 175 Å². The Morgan fingerprint density at radius 3 is 2.81 bits per heavy atom. The maximum Gasteiger partial charge on any atom is 0.119 e. The standard InChI is InChI=1S/C20H24N2O2.2BrH/c1-3-13-12-22-9-7-14(13)10-19(22)20(23)16-6-8-21-18-5-4-15(24-2)11-17(16)18;;/h3-6,8,11,13-14,19-20,23H,1,7,9-10,12H2,2H3;2*1H/t13-,14?,19-,20+;;/m0../s1. The van der Waals surface area contributed by atoms with E-state index in [1.54, 1.807) is 13.3 Å². The molecule has 26 heavy (non-hydrogen) atoms. The number of piperidine rings is 3. The molecule has 3 fully saturated rings. The van der Waals surface area contributed by atoms with E-state index in [2.05, 4.69) is 22.5 Å². The van der Waals surface area contributed by atoms with Crippen LogP contribution in [-0.2, 0) is 0 Å². The third-order valence-corrected chi connectivity index (χ3v) is 5.82. The van der Waals surface area contributed by atoms with E-state index in [1.807, 2.05) is 24.3 Å². The zero-order valence-corrected chi connectivity index (χ0v) is 18.3. The summed E-state index contributed by atoms with van der Waals surface area (Å²) in [7, 11) is 1.66. The first-order chi connectivity index (χ1) is 11.7. The maximum absolute atomic E-state index is 11.2. The number of halogens is 2. The topological polar surface area (TPSA) is 45.6 Å². The van der Waals surface area contributed by atoms with Crippen LogP contribution >= 0.6 is 34.0 Å². The molecule has 0 radical (unpaired) electrons. The highest BCUT2D eigenvalue weighted by Crippen LogP contribution is 2.42. The van der Waals surface area contributed by atoms with E-state index in [0.29, 0.717) is 11.8 Å². The highest BCUT2D eigenvalue weighted by Gasteiger charge is 2.42. The van der Waals surface area contributed by atoms with Crippen LogP contribution in [-0.4, -0.2) is 41.2 Å². The maximum atomic E-state index is 11.2. The van der Waals surface area contributed by atoms with Crippen LogP contribution in [0, 0.1) is 11.8 Å². The first-order valence-electron chi connectivity index (χ1n) is 8.68. The number of aliphatic hydroxyl groups is 1. The van der Waals surface area contributed by atoms with E-state index in [0.717, 1.165) is 41.7 Å². The number of hydrogen-bond acceptors (Lipinski definition) is 4. The van der Waals surface area contributed by atoms with Gasteiger partial charge in [0.1, 0.15) is 5.75 Å². The Kier molecular flexibility index (Phi) is 7.25. The Morgan fingerprint density at radius 1 is 1.35 bits per heavy atom. The van der Waals surface area contributed by atoms with E-state index in [9.17, 15) is 5.11 Å². The van der Waals surface area contributed by atoms with Gasteiger partial charge in [-0.15, -0.1) is 40.5 Å². The number of methoxy groups -OCH3 is 1. The number of aliphatic hydroxyl groups excluding tert-OH is 1. The highest BCUT2D eigenvalue weighted by molar-refractivity contribution is 8.93. The minimum absolute atomic E-state index is 0. The molecule has 1 aromatic carbocycles. The number of ether oxygens (including phenoxy) is 1. The molecule has 4 nitrogen and oxygen atoms in total. The van der Waals surface area contributed by atoms with Crippen LogP contribution in [0.3, 0.4) is 0 Å². The third kappa shape index (κ3) is 3.70. The highest BCUT2D eigenvalue weighted by atomic mass is 79.9. The molecular formula is C20H26Br2N2O2. The summed E-state index contributed by atoms with van der Waals surface area (Å²) in [6, 6.07) is 7.96. The van der Waals surface area contributed by atoms with Crippen molar-refractivity contribution >= 4 is 44.9 Å². The van der Waals surface area contributed by atoms with Crippen molar-refractivity contribution in [3.63, 3.8) is 0 Å². The van der Waals surface area contributed by atoms with Crippen LogP contribution in [0.1, 0.15) is 24.5 Å². The number of hydrogen-bond donors (Lipinski definition) is 1. The van der Waals surface area contributed by atoms with Crippen molar-refractivity contribution in [2.45, 2.75) is 25.0 Å². The Balaban J connectivity index is 0.00000121. The predicted molar refractivity (Wildman–Crippen MR) is 116 cm³/mol. The number of aromatic nitrogens is 1. The molecule has 4 heterocycles. The normalized spacial score (nSPS) is 27.9. The first-order valence-corrected chi connectivity index (χ1v) is 8.68. The van der Waals surface area contributed by atoms with Crippen LogP contribution in [0.4, 0.5) is 0 Å². The van der Waals surface area contributed by atoms with Gasteiger partial charge in [-0.25, -0.2) is 0 Å². The van der Waals surface area contributed by atoms with Gasteiger partial charge in [-0.05, 0) is 61.1 Å². The molecule has 6 heteroatoms. The van der Waals surface area contributed by atoms with Gasteiger partial charge in [0, 0.05) is 24.2 Å². The number of benzene rings is 1. The average molecular weight is 486 g/mol. The van der Waals surface area contributed by atoms with Crippen molar-refractivity contribution in [1.82, 2.24) is 9.88 Å². The van der Waals surface area contributed by atoms with Crippen molar-refractivity contribution < 1.29 is 9.84 Å². The fraction of sp³-hybridized carbons (Fsp3) is 0.450. The minimum Gasteiger partial charge on any atom is -0.497 e. The van der Waals surface area contributed by atoms with Crippen LogP contribution in [0.25, 0.3) is 10.9 Å². The van der Waals surface area contributed by atoms with Crippen LogP contribution in [0.2, 0.25) is 0 Å². The van der Waals surface area contributed by atoms with Crippen molar-refractivity contribution in [1.29, 1.82) is 0 Å². The Hall–Kier alpha value is -0.950. The molecule has 5 atom stereocenters. The van der Waals surface area contributed by atoms with Gasteiger partial charge in [0.2, 0.25) is 0 Å². The van der Waals surface area contributed by atoms with Crippen molar-refractivity contribution in [3.05, 3.63) is 48.7 Å². The zero-order chi connectivity index (χ0) is 16.7. The van der Waals surface area contributed by atoms with Crippen molar-refractivity contribution in [2.75, 3.05) is 20.2 Å². The van der Waals surface area contributed by atoms with Gasteiger partial charge in [0.05, 0.1) is 18.7 Å². The summed E-state index contributed by atoms with van der Waals surface area (Å²) < 4.78 is 5.35. The molecular weight excluding hydrogens is 460 g/mol. The number of nitrogens with zero attached hydrogens (tertiary/aromatic N) is 2. The smallest absolute Gasteiger partial charge is 0.119 e. The number of rotatable bonds is 4. The quantitative estimate of drug-likeness (QED) is 0.654. The predicted octanol–water partition coefficient (Wildman–Crippen LogP) is 4.33. The van der Waals surface area contributed by atoms with Gasteiger partial charge < -0.3 is 9.84 Å². The lowest BCUT2D eigenvalue weighted by molar-refractivity contribution is -0.0444. The summed E-state index contributed by atoms with van der Waals surface area (Å²) in [5.41, 5.74) is 1.85. The molecule has 0 amide bonds. The van der Waals surface area contributed by atoms with Gasteiger partial charge >= 0.3 is 0 Å². The molecule has 5 rings (SSSR count). The Morgan fingerprint density at radius 2 is 2.15 bits per heavy atom. The Bertz CT molecular complexity index is 771. The van der Waals surface area contributed by atoms with Gasteiger partial charge in [0.25, 0.3) is 0 Å². The zero-order valence-electron chi connectivity index (χ0n) is 14.9. The molecule has 142 valence electrons. The molecule has 2 unspecified atom stereocenters. The molecule has 2 aromatic rings. The summed E-state index contributed by atoms with van der Waals surface area (Å²) in [5, 5.41) is 12.1. The van der Waals surface area contributed by atoms with E-state index in [1.165, 1.54) is 6.42 Å².